The summed E-state index contributed by atoms with van der Waals surface area (Å²) in [5.74, 6) is 0. The van der Waals surface area contributed by atoms with Crippen molar-refractivity contribution in [2.45, 2.75) is 52.4 Å². The minimum Gasteiger partial charge on any atom is -0.202 e. The van der Waals surface area contributed by atoms with Gasteiger partial charge in [0.05, 0.1) is 0 Å². The summed E-state index contributed by atoms with van der Waals surface area (Å²) in [5, 5.41) is 0. The van der Waals surface area contributed by atoms with Crippen LogP contribution in [0.5, 0.6) is 0 Å². The highest BCUT2D eigenvalue weighted by Crippen LogP contribution is 2.00. The zero-order valence-corrected chi connectivity index (χ0v) is 11.6. The molecule has 0 aliphatic carbocycles. The van der Waals surface area contributed by atoms with E-state index in [0.717, 1.165) is 25.7 Å². The second-order valence-corrected chi connectivity index (χ2v) is 6.00. The molecule has 98 valence electrons. The highest BCUT2D eigenvalue weighted by Gasteiger charge is 2.15. The van der Waals surface area contributed by atoms with Gasteiger partial charge >= 0.3 is 0 Å². The molecule has 0 spiro atoms. The van der Waals surface area contributed by atoms with Crippen LogP contribution in [0, 0.1) is 0 Å². The van der Waals surface area contributed by atoms with Crippen molar-refractivity contribution in [3.05, 3.63) is 0 Å². The van der Waals surface area contributed by atoms with E-state index in [2.05, 4.69) is 18.6 Å². The van der Waals surface area contributed by atoms with Gasteiger partial charge < -0.3 is 0 Å². The Morgan fingerprint density at radius 1 is 1.00 bits per heavy atom. The highest BCUT2D eigenvalue weighted by molar-refractivity contribution is 7.87. The van der Waals surface area contributed by atoms with Gasteiger partial charge in [0.25, 0.3) is 10.2 Å². The first-order valence-corrected chi connectivity index (χ1v) is 7.69. The van der Waals surface area contributed by atoms with Crippen LogP contribution in [0.15, 0.2) is 0 Å². The summed E-state index contributed by atoms with van der Waals surface area (Å²) in [6.45, 7) is 5.35. The molecule has 0 radical (unpaired) electrons. The number of hydrogen-bond acceptors (Lipinski definition) is 2. The normalized spacial score (nSPS) is 12.2. The van der Waals surface area contributed by atoms with Crippen molar-refractivity contribution in [2.24, 2.45) is 0 Å². The van der Waals surface area contributed by atoms with Crippen molar-refractivity contribution >= 4 is 10.2 Å². The summed E-state index contributed by atoms with van der Waals surface area (Å²) < 4.78 is 27.4. The average Bonchev–Trinajstić information content (AvgIpc) is 2.25. The molecular formula is C11H26N2O2S. The van der Waals surface area contributed by atoms with E-state index in [1.54, 1.807) is 7.05 Å². The third-order valence-electron chi connectivity index (χ3n) is 2.55. The highest BCUT2D eigenvalue weighted by atomic mass is 32.2. The van der Waals surface area contributed by atoms with E-state index in [1.165, 1.54) is 17.1 Å². The Morgan fingerprint density at radius 3 is 2.19 bits per heavy atom. The van der Waals surface area contributed by atoms with Crippen LogP contribution >= 0.6 is 0 Å². The topological polar surface area (TPSA) is 49.4 Å². The van der Waals surface area contributed by atoms with Gasteiger partial charge in [0.15, 0.2) is 0 Å². The largest absolute Gasteiger partial charge is 0.279 e. The van der Waals surface area contributed by atoms with Gasteiger partial charge in [-0.15, -0.1) is 0 Å². The fourth-order valence-electron chi connectivity index (χ4n) is 1.36. The lowest BCUT2D eigenvalue weighted by molar-refractivity contribution is 0.447. The number of rotatable bonds is 10. The molecule has 0 bridgehead atoms. The lowest BCUT2D eigenvalue weighted by atomic mass is 10.2. The fourth-order valence-corrected chi connectivity index (χ4v) is 2.36. The molecule has 0 aliphatic heterocycles. The molecule has 0 heterocycles. The number of nitrogens with zero attached hydrogens (tertiary/aromatic N) is 1. The second kappa shape index (κ2) is 8.96. The summed E-state index contributed by atoms with van der Waals surface area (Å²) in [7, 11) is -1.61. The van der Waals surface area contributed by atoms with E-state index in [4.69, 9.17) is 0 Å². The van der Waals surface area contributed by atoms with E-state index < -0.39 is 10.2 Å². The van der Waals surface area contributed by atoms with Crippen LogP contribution in [-0.2, 0) is 10.2 Å². The quantitative estimate of drug-likeness (QED) is 0.604. The number of unbranched alkanes of at least 4 members (excludes halogenated alkanes) is 4. The van der Waals surface area contributed by atoms with Crippen molar-refractivity contribution < 1.29 is 8.42 Å². The second-order valence-electron chi connectivity index (χ2n) is 4.14. The molecule has 0 amide bonds. The zero-order chi connectivity index (χ0) is 12.4. The summed E-state index contributed by atoms with van der Waals surface area (Å²) in [4.78, 5) is 0. The van der Waals surface area contributed by atoms with Crippen LogP contribution in [0.4, 0.5) is 0 Å². The van der Waals surface area contributed by atoms with Crippen LogP contribution in [0.25, 0.3) is 0 Å². The Labute approximate surface area is 101 Å². The van der Waals surface area contributed by atoms with Crippen molar-refractivity contribution in [1.29, 1.82) is 0 Å². The maximum Gasteiger partial charge on any atom is 0.279 e. The lowest BCUT2D eigenvalue weighted by Crippen LogP contribution is -2.39. The maximum atomic E-state index is 11.7. The Balaban J connectivity index is 3.77. The standard InChI is InChI=1S/C11H26N2O2S/c1-4-6-8-9-10-12-16(14,15)13(3)11-7-5-2/h12H,4-11H2,1-3H3. The molecule has 0 aromatic rings. The number of nitrogens with one attached hydrogen (secondary N) is 1. The van der Waals surface area contributed by atoms with E-state index in [9.17, 15) is 8.42 Å². The van der Waals surface area contributed by atoms with Gasteiger partial charge in [-0.1, -0.05) is 39.5 Å². The predicted octanol–water partition coefficient (Wildman–Crippen LogP) is 2.13. The minimum atomic E-state index is -3.24. The fraction of sp³-hybridized carbons (Fsp3) is 1.00. The summed E-state index contributed by atoms with van der Waals surface area (Å²) in [5.41, 5.74) is 0. The van der Waals surface area contributed by atoms with Crippen LogP contribution in [0.1, 0.15) is 52.4 Å². The van der Waals surface area contributed by atoms with Crippen molar-refractivity contribution in [3.8, 4) is 0 Å². The maximum absolute atomic E-state index is 11.7. The third-order valence-corrected chi connectivity index (χ3v) is 4.12. The zero-order valence-electron chi connectivity index (χ0n) is 10.8. The molecule has 5 heteroatoms. The van der Waals surface area contributed by atoms with Gasteiger partial charge in [0.2, 0.25) is 0 Å². The first kappa shape index (κ1) is 15.9. The summed E-state index contributed by atoms with van der Waals surface area (Å²) in [6.07, 6.45) is 6.28. The Hall–Kier alpha value is -0.130. The molecule has 0 aromatic carbocycles. The van der Waals surface area contributed by atoms with Gasteiger partial charge in [0.1, 0.15) is 0 Å². The van der Waals surface area contributed by atoms with Gasteiger partial charge in [-0.05, 0) is 12.8 Å². The molecule has 0 rings (SSSR count). The molecule has 0 atom stereocenters. The van der Waals surface area contributed by atoms with Crippen LogP contribution in [-0.4, -0.2) is 32.9 Å². The summed E-state index contributed by atoms with van der Waals surface area (Å²) in [6, 6.07) is 0. The lowest BCUT2D eigenvalue weighted by Gasteiger charge is -2.17. The molecule has 0 aliphatic rings. The Bertz CT molecular complexity index is 253. The molecule has 16 heavy (non-hydrogen) atoms. The molecule has 1 N–H and O–H groups in total. The molecular weight excluding hydrogens is 224 g/mol. The van der Waals surface area contributed by atoms with E-state index in [0.29, 0.717) is 13.1 Å². The molecule has 0 unspecified atom stereocenters. The van der Waals surface area contributed by atoms with Crippen LogP contribution < -0.4 is 4.72 Å². The van der Waals surface area contributed by atoms with Crippen molar-refractivity contribution in [3.63, 3.8) is 0 Å². The van der Waals surface area contributed by atoms with Gasteiger partial charge in [0, 0.05) is 20.1 Å². The molecule has 0 aromatic heterocycles. The minimum absolute atomic E-state index is 0.554. The Kier molecular flexibility index (Phi) is 8.89. The number of hydrogen-bond donors (Lipinski definition) is 1. The first-order chi connectivity index (χ1) is 7.54. The summed E-state index contributed by atoms with van der Waals surface area (Å²) >= 11 is 0. The van der Waals surface area contributed by atoms with Gasteiger partial charge in [-0.2, -0.15) is 12.7 Å². The smallest absolute Gasteiger partial charge is 0.202 e. The average molecular weight is 250 g/mol. The van der Waals surface area contributed by atoms with Crippen LogP contribution in [0.2, 0.25) is 0 Å². The van der Waals surface area contributed by atoms with Crippen LogP contribution in [0.3, 0.4) is 0 Å². The third kappa shape index (κ3) is 7.19. The Morgan fingerprint density at radius 2 is 1.62 bits per heavy atom. The molecule has 0 saturated heterocycles. The SMILES string of the molecule is CCCCCCNS(=O)(=O)N(C)CCCC. The van der Waals surface area contributed by atoms with E-state index >= 15 is 0 Å². The van der Waals surface area contributed by atoms with Gasteiger partial charge in [-0.25, -0.2) is 4.72 Å². The van der Waals surface area contributed by atoms with Crippen molar-refractivity contribution in [1.82, 2.24) is 9.03 Å². The molecule has 4 nitrogen and oxygen atoms in total. The van der Waals surface area contributed by atoms with E-state index in [1.807, 2.05) is 0 Å². The predicted molar refractivity (Wildman–Crippen MR) is 68.6 cm³/mol. The first-order valence-electron chi connectivity index (χ1n) is 6.25. The molecule has 0 fully saturated rings. The van der Waals surface area contributed by atoms with E-state index in [-0.39, 0.29) is 0 Å². The van der Waals surface area contributed by atoms with Gasteiger partial charge in [-0.3, -0.25) is 0 Å². The monoisotopic (exact) mass is 250 g/mol. The van der Waals surface area contributed by atoms with Crippen molar-refractivity contribution in [2.75, 3.05) is 20.1 Å². The molecule has 0 saturated carbocycles.